The molecule has 0 amide bonds. The smallest absolute Gasteiger partial charge is 0.0633 e. The number of rotatable bonds is 7. The maximum Gasteiger partial charge on any atom is 0.0633 e. The van der Waals surface area contributed by atoms with E-state index in [2.05, 4.69) is 5.92 Å². The maximum absolute atomic E-state index is 9.16. The van der Waals surface area contributed by atoms with Gasteiger partial charge in [-0.3, -0.25) is 0 Å². The summed E-state index contributed by atoms with van der Waals surface area (Å²) in [5.74, 6) is 2.68. The van der Waals surface area contributed by atoms with E-state index in [9.17, 15) is 0 Å². The Morgan fingerprint density at radius 3 is 2.38 bits per heavy atom. The SMILES string of the molecule is C#C/C(=C\C=C(/C)CCC(N)(CO)CO)c1ccccc1. The molecule has 0 atom stereocenters. The average molecular weight is 285 g/mol. The summed E-state index contributed by atoms with van der Waals surface area (Å²) in [6, 6.07) is 9.78. The van der Waals surface area contributed by atoms with Gasteiger partial charge >= 0.3 is 0 Å². The Labute approximate surface area is 126 Å². The van der Waals surface area contributed by atoms with E-state index < -0.39 is 5.54 Å². The molecule has 1 rings (SSSR count). The van der Waals surface area contributed by atoms with E-state index in [-0.39, 0.29) is 13.2 Å². The number of hydrogen-bond donors (Lipinski definition) is 3. The molecule has 0 unspecified atom stereocenters. The van der Waals surface area contributed by atoms with Crippen molar-refractivity contribution in [3.63, 3.8) is 0 Å². The van der Waals surface area contributed by atoms with Crippen LogP contribution in [0.3, 0.4) is 0 Å². The van der Waals surface area contributed by atoms with Crippen molar-refractivity contribution in [2.24, 2.45) is 5.73 Å². The van der Waals surface area contributed by atoms with Gasteiger partial charge in [-0.2, -0.15) is 0 Å². The molecule has 0 radical (unpaired) electrons. The zero-order valence-electron chi connectivity index (χ0n) is 12.4. The summed E-state index contributed by atoms with van der Waals surface area (Å²) in [6.45, 7) is 1.52. The highest BCUT2D eigenvalue weighted by molar-refractivity contribution is 5.79. The summed E-state index contributed by atoms with van der Waals surface area (Å²) in [7, 11) is 0. The first-order chi connectivity index (χ1) is 10.0. The van der Waals surface area contributed by atoms with E-state index in [0.717, 1.165) is 16.7 Å². The minimum atomic E-state index is -0.923. The fourth-order valence-corrected chi connectivity index (χ4v) is 1.81. The van der Waals surface area contributed by atoms with Gasteiger partial charge in [0.2, 0.25) is 0 Å². The molecular weight excluding hydrogens is 262 g/mol. The number of terminal acetylenes is 1. The first-order valence-electron chi connectivity index (χ1n) is 6.95. The van der Waals surface area contributed by atoms with Crippen molar-refractivity contribution in [3.05, 3.63) is 53.6 Å². The molecule has 112 valence electrons. The number of hydrogen-bond acceptors (Lipinski definition) is 3. The standard InChI is InChI=1S/C18H23NO2/c1-3-16(17-7-5-4-6-8-17)10-9-15(2)11-12-18(19,13-20)14-21/h1,4-10,20-21H,11-14,19H2,2H3/b15-9+,16-10+. The molecule has 0 fully saturated rings. The lowest BCUT2D eigenvalue weighted by Crippen LogP contribution is -2.47. The van der Waals surface area contributed by atoms with Crippen LogP contribution in [0.2, 0.25) is 0 Å². The van der Waals surface area contributed by atoms with Gasteiger partial charge in [0.05, 0.1) is 18.8 Å². The lowest BCUT2D eigenvalue weighted by Gasteiger charge is -2.24. The summed E-state index contributed by atoms with van der Waals surface area (Å²) in [5.41, 5.74) is 7.83. The Balaban J connectivity index is 2.74. The average Bonchev–Trinajstić information content (AvgIpc) is 2.54. The van der Waals surface area contributed by atoms with E-state index in [4.69, 9.17) is 22.4 Å². The zero-order valence-corrected chi connectivity index (χ0v) is 12.4. The van der Waals surface area contributed by atoms with Gasteiger partial charge in [-0.25, -0.2) is 0 Å². The molecule has 0 aliphatic heterocycles. The first kappa shape index (κ1) is 17.2. The first-order valence-corrected chi connectivity index (χ1v) is 6.95. The highest BCUT2D eigenvalue weighted by Crippen LogP contribution is 2.16. The van der Waals surface area contributed by atoms with Gasteiger partial charge in [-0.1, -0.05) is 47.9 Å². The third-order valence-electron chi connectivity index (χ3n) is 3.42. The minimum Gasteiger partial charge on any atom is -0.394 e. The predicted molar refractivity (Wildman–Crippen MR) is 87.3 cm³/mol. The topological polar surface area (TPSA) is 66.5 Å². The van der Waals surface area contributed by atoms with Crippen molar-refractivity contribution >= 4 is 5.57 Å². The van der Waals surface area contributed by atoms with Crippen molar-refractivity contribution in [2.75, 3.05) is 13.2 Å². The molecule has 0 bridgehead atoms. The Hall–Kier alpha value is -1.86. The van der Waals surface area contributed by atoms with Crippen LogP contribution in [0.4, 0.5) is 0 Å². The van der Waals surface area contributed by atoms with Gasteiger partial charge in [0, 0.05) is 5.57 Å². The lowest BCUT2D eigenvalue weighted by atomic mass is 9.94. The monoisotopic (exact) mass is 285 g/mol. The van der Waals surface area contributed by atoms with Crippen molar-refractivity contribution in [3.8, 4) is 12.3 Å². The van der Waals surface area contributed by atoms with Crippen LogP contribution in [0.25, 0.3) is 5.57 Å². The molecule has 0 saturated heterocycles. The Morgan fingerprint density at radius 2 is 1.86 bits per heavy atom. The lowest BCUT2D eigenvalue weighted by molar-refractivity contribution is 0.115. The molecule has 0 aliphatic rings. The van der Waals surface area contributed by atoms with Gasteiger partial charge in [-0.15, -0.1) is 6.42 Å². The Kier molecular flexibility index (Phi) is 6.90. The summed E-state index contributed by atoms with van der Waals surface area (Å²) < 4.78 is 0. The molecule has 0 aliphatic carbocycles. The summed E-state index contributed by atoms with van der Waals surface area (Å²) >= 11 is 0. The number of nitrogens with two attached hydrogens (primary N) is 1. The third-order valence-corrected chi connectivity index (χ3v) is 3.42. The summed E-state index contributed by atoms with van der Waals surface area (Å²) in [6.07, 6.45) is 10.6. The number of aliphatic hydroxyl groups is 2. The van der Waals surface area contributed by atoms with Gasteiger partial charge in [-0.05, 0) is 31.4 Å². The molecule has 3 nitrogen and oxygen atoms in total. The molecule has 0 aromatic heterocycles. The van der Waals surface area contributed by atoms with E-state index in [1.807, 2.05) is 49.4 Å². The van der Waals surface area contributed by atoms with Crippen LogP contribution in [0.5, 0.6) is 0 Å². The molecule has 1 aromatic rings. The number of aliphatic hydroxyl groups excluding tert-OH is 2. The van der Waals surface area contributed by atoms with Crippen LogP contribution in [-0.2, 0) is 0 Å². The molecule has 1 aromatic carbocycles. The fraction of sp³-hybridized carbons (Fsp3) is 0.333. The third kappa shape index (κ3) is 5.57. The van der Waals surface area contributed by atoms with Crippen LogP contribution in [-0.4, -0.2) is 29.0 Å². The molecular formula is C18H23NO2. The van der Waals surface area contributed by atoms with E-state index in [1.54, 1.807) is 0 Å². The fourth-order valence-electron chi connectivity index (χ4n) is 1.81. The number of allylic oxidation sites excluding steroid dienone is 4. The molecule has 21 heavy (non-hydrogen) atoms. The van der Waals surface area contributed by atoms with Crippen molar-refractivity contribution < 1.29 is 10.2 Å². The van der Waals surface area contributed by atoms with Gasteiger partial charge < -0.3 is 15.9 Å². The van der Waals surface area contributed by atoms with Crippen LogP contribution >= 0.6 is 0 Å². The molecule has 4 N–H and O–H groups in total. The van der Waals surface area contributed by atoms with E-state index >= 15 is 0 Å². The second-order valence-corrected chi connectivity index (χ2v) is 5.28. The second-order valence-electron chi connectivity index (χ2n) is 5.28. The zero-order chi connectivity index (χ0) is 15.7. The highest BCUT2D eigenvalue weighted by atomic mass is 16.3. The van der Waals surface area contributed by atoms with Crippen LogP contribution in [0.15, 0.2) is 48.1 Å². The maximum atomic E-state index is 9.16. The second kappa shape index (κ2) is 8.43. The molecule has 0 heterocycles. The van der Waals surface area contributed by atoms with E-state index in [1.165, 1.54) is 0 Å². The quantitative estimate of drug-likeness (QED) is 0.531. The van der Waals surface area contributed by atoms with Gasteiger partial charge in [0.1, 0.15) is 0 Å². The van der Waals surface area contributed by atoms with Crippen molar-refractivity contribution in [2.45, 2.75) is 25.3 Å². The largest absolute Gasteiger partial charge is 0.394 e. The van der Waals surface area contributed by atoms with Crippen LogP contribution in [0, 0.1) is 12.3 Å². The summed E-state index contributed by atoms with van der Waals surface area (Å²) in [4.78, 5) is 0. The van der Waals surface area contributed by atoms with Crippen molar-refractivity contribution in [1.82, 2.24) is 0 Å². The number of benzene rings is 1. The van der Waals surface area contributed by atoms with Crippen LogP contribution < -0.4 is 5.73 Å². The Morgan fingerprint density at radius 1 is 1.24 bits per heavy atom. The minimum absolute atomic E-state index is 0.230. The predicted octanol–water partition coefficient (Wildman–Crippen LogP) is 2.11. The molecule has 0 saturated carbocycles. The van der Waals surface area contributed by atoms with Crippen molar-refractivity contribution in [1.29, 1.82) is 0 Å². The van der Waals surface area contributed by atoms with Gasteiger partial charge in [0.25, 0.3) is 0 Å². The Bertz CT molecular complexity index is 534. The summed E-state index contributed by atoms with van der Waals surface area (Å²) in [5, 5.41) is 18.3. The van der Waals surface area contributed by atoms with E-state index in [0.29, 0.717) is 12.8 Å². The van der Waals surface area contributed by atoms with Gasteiger partial charge in [0.15, 0.2) is 0 Å². The molecule has 0 spiro atoms. The normalized spacial score (nSPS) is 13.1. The highest BCUT2D eigenvalue weighted by Gasteiger charge is 2.22. The van der Waals surface area contributed by atoms with Crippen LogP contribution in [0.1, 0.15) is 25.3 Å². The molecule has 3 heteroatoms.